The number of hydrogen-bond acceptors (Lipinski definition) is 5. The molecule has 10 nitrogen and oxygen atoms in total. The van der Waals surface area contributed by atoms with E-state index in [0.717, 1.165) is 33.5 Å². The zero-order valence-electron chi connectivity index (χ0n) is 19.2. The number of rotatable bonds is 7. The lowest BCUT2D eigenvalue weighted by atomic mass is 10.1. The quantitative estimate of drug-likeness (QED) is 0.452. The molecule has 172 valence electrons. The molecule has 0 atom stereocenters. The Hall–Kier alpha value is -3.95. The number of nitrogens with two attached hydrogens (primary N) is 1. The van der Waals surface area contributed by atoms with E-state index in [1.807, 2.05) is 51.1 Å². The first kappa shape index (κ1) is 22.3. The van der Waals surface area contributed by atoms with Gasteiger partial charge in [-0.1, -0.05) is 38.1 Å². The summed E-state index contributed by atoms with van der Waals surface area (Å²) in [4.78, 5) is 42.5. The molecule has 1 amide bonds. The molecule has 3 aromatic heterocycles. The smallest absolute Gasteiger partial charge is 0.332 e. The van der Waals surface area contributed by atoms with Gasteiger partial charge in [0.05, 0.1) is 12.2 Å². The molecule has 1 aromatic carbocycles. The minimum Gasteiger partial charge on any atom is -0.368 e. The summed E-state index contributed by atoms with van der Waals surface area (Å²) in [5.41, 5.74) is 8.38. The summed E-state index contributed by atoms with van der Waals surface area (Å²) in [6.07, 6.45) is 1.47. The molecule has 4 rings (SSSR count). The lowest BCUT2D eigenvalue weighted by Crippen LogP contribution is -2.42. The summed E-state index contributed by atoms with van der Waals surface area (Å²) in [5.74, 6) is -0.333. The van der Waals surface area contributed by atoms with Crippen LogP contribution in [0.2, 0.25) is 0 Å². The summed E-state index contributed by atoms with van der Waals surface area (Å²) in [7, 11) is 1.53. The van der Waals surface area contributed by atoms with Crippen LogP contribution in [0.15, 0.2) is 39.9 Å². The fourth-order valence-corrected chi connectivity index (χ4v) is 4.00. The Kier molecular flexibility index (Phi) is 5.75. The lowest BCUT2D eigenvalue weighted by Gasteiger charge is -2.13. The van der Waals surface area contributed by atoms with Crippen molar-refractivity contribution in [1.29, 1.82) is 0 Å². The Morgan fingerprint density at radius 2 is 1.82 bits per heavy atom. The Balaban J connectivity index is 2.10. The number of hydrogen-bond donors (Lipinski definition) is 1. The first-order valence-electron chi connectivity index (χ1n) is 10.9. The van der Waals surface area contributed by atoms with E-state index in [1.54, 1.807) is 9.25 Å². The number of nitrogens with zero attached hydrogens (tertiary/aromatic N) is 6. The normalized spacial score (nSPS) is 11.4. The van der Waals surface area contributed by atoms with Gasteiger partial charge in [-0.15, -0.1) is 0 Å². The van der Waals surface area contributed by atoms with E-state index in [4.69, 9.17) is 15.8 Å². The van der Waals surface area contributed by atoms with Crippen molar-refractivity contribution in [1.82, 2.24) is 28.5 Å². The molecule has 10 heteroatoms. The van der Waals surface area contributed by atoms with Crippen LogP contribution >= 0.6 is 0 Å². The van der Waals surface area contributed by atoms with Crippen LogP contribution in [0.1, 0.15) is 36.4 Å². The van der Waals surface area contributed by atoms with E-state index in [2.05, 4.69) is 0 Å². The average Bonchev–Trinajstić information content (AvgIpc) is 3.38. The van der Waals surface area contributed by atoms with Crippen molar-refractivity contribution < 1.29 is 4.79 Å². The molecule has 3 heterocycles. The molecule has 0 bridgehead atoms. The number of imidazole rings is 1. The zero-order chi connectivity index (χ0) is 23.9. The first-order valence-corrected chi connectivity index (χ1v) is 10.9. The molecule has 33 heavy (non-hydrogen) atoms. The van der Waals surface area contributed by atoms with Crippen LogP contribution in [0.3, 0.4) is 0 Å². The number of carbonyl (C=O) groups excluding carboxylic acids is 1. The van der Waals surface area contributed by atoms with E-state index in [1.165, 1.54) is 11.6 Å². The van der Waals surface area contributed by atoms with Gasteiger partial charge >= 0.3 is 5.69 Å². The van der Waals surface area contributed by atoms with E-state index < -0.39 is 23.7 Å². The average molecular weight is 450 g/mol. The molecular weight excluding hydrogens is 422 g/mol. The standard InChI is InChI=1S/C23H27N7O3/c1-5-16-11-17(6-2)30(26-16)22-25-20-19(28(22)12-15-10-8-7-9-14(15)3)21(32)29(13-18(24)31)23(33)27(20)4/h7-11H,5-6,12-13H2,1-4H3,(H2,24,31). The summed E-state index contributed by atoms with van der Waals surface area (Å²) >= 11 is 0. The van der Waals surface area contributed by atoms with Gasteiger partial charge in [0.1, 0.15) is 6.54 Å². The predicted octanol–water partition coefficient (Wildman–Crippen LogP) is 1.05. The van der Waals surface area contributed by atoms with Crippen molar-refractivity contribution in [3.8, 4) is 5.95 Å². The topological polar surface area (TPSA) is 123 Å². The summed E-state index contributed by atoms with van der Waals surface area (Å²) in [6.45, 7) is 5.88. The highest BCUT2D eigenvalue weighted by Gasteiger charge is 2.24. The maximum Gasteiger partial charge on any atom is 0.332 e. The van der Waals surface area contributed by atoms with Crippen LogP contribution in [0.4, 0.5) is 0 Å². The van der Waals surface area contributed by atoms with Gasteiger partial charge < -0.3 is 5.73 Å². The summed E-state index contributed by atoms with van der Waals surface area (Å²) in [5, 5.41) is 4.71. The van der Waals surface area contributed by atoms with Crippen molar-refractivity contribution in [2.45, 2.75) is 46.7 Å². The maximum absolute atomic E-state index is 13.4. The van der Waals surface area contributed by atoms with Gasteiger partial charge in [-0.05, 0) is 37.0 Å². The number of aryl methyl sites for hydroxylation is 4. The maximum atomic E-state index is 13.4. The van der Waals surface area contributed by atoms with Crippen molar-refractivity contribution >= 4 is 17.1 Å². The second kappa shape index (κ2) is 8.53. The molecule has 0 aliphatic heterocycles. The van der Waals surface area contributed by atoms with Crippen LogP contribution in [-0.4, -0.2) is 34.4 Å². The third-order valence-electron chi connectivity index (χ3n) is 5.86. The Bertz CT molecular complexity index is 1490. The fourth-order valence-electron chi connectivity index (χ4n) is 4.00. The SMILES string of the molecule is CCc1cc(CC)n(-c2nc3c(c(=O)n(CC(N)=O)c(=O)n3C)n2Cc2ccccc2C)n1. The van der Waals surface area contributed by atoms with Gasteiger partial charge in [0.2, 0.25) is 11.9 Å². The highest BCUT2D eigenvalue weighted by Crippen LogP contribution is 2.21. The van der Waals surface area contributed by atoms with Crippen LogP contribution in [0, 0.1) is 6.92 Å². The van der Waals surface area contributed by atoms with E-state index >= 15 is 0 Å². The van der Waals surface area contributed by atoms with Crippen LogP contribution in [-0.2, 0) is 37.8 Å². The van der Waals surface area contributed by atoms with Gasteiger partial charge in [-0.25, -0.2) is 14.0 Å². The molecule has 0 radical (unpaired) electrons. The first-order chi connectivity index (χ1) is 15.8. The third kappa shape index (κ3) is 3.77. The molecule has 0 fully saturated rings. The van der Waals surface area contributed by atoms with Gasteiger partial charge in [0.15, 0.2) is 11.2 Å². The number of primary amides is 1. The van der Waals surface area contributed by atoms with Crippen molar-refractivity contribution in [2.75, 3.05) is 0 Å². The highest BCUT2D eigenvalue weighted by atomic mass is 16.2. The van der Waals surface area contributed by atoms with Crippen LogP contribution in [0.25, 0.3) is 17.1 Å². The second-order valence-corrected chi connectivity index (χ2v) is 8.04. The second-order valence-electron chi connectivity index (χ2n) is 8.04. The largest absolute Gasteiger partial charge is 0.368 e. The molecular formula is C23H27N7O3. The summed E-state index contributed by atoms with van der Waals surface area (Å²) < 4.78 is 5.63. The Morgan fingerprint density at radius 3 is 2.45 bits per heavy atom. The fraction of sp³-hybridized carbons (Fsp3) is 0.348. The van der Waals surface area contributed by atoms with Gasteiger partial charge in [-0.3, -0.25) is 18.7 Å². The van der Waals surface area contributed by atoms with E-state index in [0.29, 0.717) is 18.9 Å². The van der Waals surface area contributed by atoms with Crippen LogP contribution in [0.5, 0.6) is 0 Å². The minimum absolute atomic E-state index is 0.215. The number of amides is 1. The number of fused-ring (bicyclic) bond motifs is 1. The van der Waals surface area contributed by atoms with Gasteiger partial charge in [-0.2, -0.15) is 10.1 Å². The molecule has 0 aliphatic rings. The molecule has 2 N–H and O–H groups in total. The third-order valence-corrected chi connectivity index (χ3v) is 5.86. The summed E-state index contributed by atoms with van der Waals surface area (Å²) in [6, 6.07) is 9.88. The molecule has 0 aliphatic carbocycles. The van der Waals surface area contributed by atoms with Gasteiger partial charge in [0, 0.05) is 12.7 Å². The molecule has 0 unspecified atom stereocenters. The molecule has 0 saturated heterocycles. The molecule has 4 aromatic rings. The number of carbonyl (C=O) groups is 1. The zero-order valence-corrected chi connectivity index (χ0v) is 19.2. The van der Waals surface area contributed by atoms with Gasteiger partial charge in [0.25, 0.3) is 5.56 Å². The van der Waals surface area contributed by atoms with E-state index in [9.17, 15) is 14.4 Å². The van der Waals surface area contributed by atoms with Crippen LogP contribution < -0.4 is 17.0 Å². The Labute approximate surface area is 189 Å². The van der Waals surface area contributed by atoms with Crippen molar-refractivity contribution in [3.05, 3.63) is 73.7 Å². The lowest BCUT2D eigenvalue weighted by molar-refractivity contribution is -0.118. The predicted molar refractivity (Wildman–Crippen MR) is 125 cm³/mol. The Morgan fingerprint density at radius 1 is 1.09 bits per heavy atom. The number of aromatic nitrogens is 6. The highest BCUT2D eigenvalue weighted by molar-refractivity contribution is 5.75. The van der Waals surface area contributed by atoms with E-state index in [-0.39, 0.29) is 11.2 Å². The van der Waals surface area contributed by atoms with Crippen molar-refractivity contribution in [3.63, 3.8) is 0 Å². The number of benzene rings is 1. The monoisotopic (exact) mass is 449 g/mol. The minimum atomic E-state index is -0.772. The van der Waals surface area contributed by atoms with Crippen molar-refractivity contribution in [2.24, 2.45) is 12.8 Å². The molecule has 0 saturated carbocycles. The molecule has 0 spiro atoms.